The number of rotatable bonds is 5. The van der Waals surface area contributed by atoms with Gasteiger partial charge in [-0.15, -0.1) is 0 Å². The summed E-state index contributed by atoms with van der Waals surface area (Å²) in [6.45, 7) is 1.50. The van der Waals surface area contributed by atoms with Crippen molar-refractivity contribution >= 4 is 15.7 Å². The molecular formula is C15H16N2O5S. The highest BCUT2D eigenvalue weighted by molar-refractivity contribution is 7.89. The number of nitrogens with one attached hydrogen (secondary N) is 1. The highest BCUT2D eigenvalue weighted by Crippen LogP contribution is 2.22. The monoisotopic (exact) mass is 336 g/mol. The smallest absolute Gasteiger partial charge is 0.276 e. The van der Waals surface area contributed by atoms with Crippen molar-refractivity contribution in [1.82, 2.24) is 4.83 Å². The minimum Gasteiger partial charge on any atom is -0.508 e. The predicted molar refractivity (Wildman–Crippen MR) is 85.3 cm³/mol. The van der Waals surface area contributed by atoms with Gasteiger partial charge in [0.05, 0.1) is 17.7 Å². The summed E-state index contributed by atoms with van der Waals surface area (Å²) in [4.78, 5) is 2.11. The molecule has 2 aromatic carbocycles. The molecule has 2 aromatic rings. The molecule has 0 aromatic heterocycles. The number of phenols is 2. The predicted octanol–water partition coefficient (Wildman–Crippen LogP) is 1.81. The third-order valence-corrected chi connectivity index (χ3v) is 4.30. The van der Waals surface area contributed by atoms with E-state index in [-0.39, 0.29) is 27.7 Å². The van der Waals surface area contributed by atoms with E-state index < -0.39 is 10.0 Å². The van der Waals surface area contributed by atoms with Crippen LogP contribution >= 0.6 is 0 Å². The number of sulfonamides is 1. The van der Waals surface area contributed by atoms with Crippen LogP contribution in [0.4, 0.5) is 0 Å². The van der Waals surface area contributed by atoms with Gasteiger partial charge in [0.1, 0.15) is 17.2 Å². The van der Waals surface area contributed by atoms with Crippen LogP contribution in [0.2, 0.25) is 0 Å². The Kier molecular flexibility index (Phi) is 4.75. The molecule has 0 saturated carbocycles. The van der Waals surface area contributed by atoms with E-state index in [2.05, 4.69) is 9.93 Å². The van der Waals surface area contributed by atoms with Crippen LogP contribution in [0.25, 0.3) is 0 Å². The maximum Gasteiger partial charge on any atom is 0.276 e. The molecule has 0 heterocycles. The molecule has 0 radical (unpaired) electrons. The summed E-state index contributed by atoms with van der Waals surface area (Å²) in [6.07, 6.45) is 0. The third-order valence-electron chi connectivity index (χ3n) is 3.07. The van der Waals surface area contributed by atoms with Gasteiger partial charge in [-0.2, -0.15) is 18.4 Å². The van der Waals surface area contributed by atoms with Gasteiger partial charge in [0, 0.05) is 5.56 Å². The molecule has 0 aliphatic carbocycles. The first-order valence-corrected chi connectivity index (χ1v) is 8.04. The summed E-state index contributed by atoms with van der Waals surface area (Å²) in [5.41, 5.74) is 0.429. The average molecular weight is 336 g/mol. The molecule has 122 valence electrons. The lowest BCUT2D eigenvalue weighted by Crippen LogP contribution is -2.20. The number of aromatic hydroxyl groups is 2. The molecule has 2 rings (SSSR count). The number of nitrogens with zero attached hydrogens (tertiary/aromatic N) is 1. The Labute approximate surface area is 133 Å². The van der Waals surface area contributed by atoms with E-state index in [0.29, 0.717) is 5.75 Å². The Morgan fingerprint density at radius 1 is 1.13 bits per heavy atom. The van der Waals surface area contributed by atoms with Crippen LogP contribution in [0.5, 0.6) is 17.2 Å². The quantitative estimate of drug-likeness (QED) is 0.438. The van der Waals surface area contributed by atoms with E-state index >= 15 is 0 Å². The van der Waals surface area contributed by atoms with Crippen LogP contribution < -0.4 is 9.57 Å². The van der Waals surface area contributed by atoms with Gasteiger partial charge in [-0.1, -0.05) is 0 Å². The van der Waals surface area contributed by atoms with Gasteiger partial charge >= 0.3 is 0 Å². The zero-order chi connectivity index (χ0) is 17.0. The highest BCUT2D eigenvalue weighted by atomic mass is 32.2. The molecule has 8 heteroatoms. The SMILES string of the molecule is COc1ccc(S(=O)(=O)N/N=C(/C)c2cc(O)ccc2O)cc1. The van der Waals surface area contributed by atoms with E-state index in [0.717, 1.165) is 0 Å². The number of phenolic OH excluding ortho intramolecular Hbond substituents is 2. The van der Waals surface area contributed by atoms with Gasteiger partial charge in [0.15, 0.2) is 0 Å². The van der Waals surface area contributed by atoms with Crippen molar-refractivity contribution in [3.63, 3.8) is 0 Å². The molecular weight excluding hydrogens is 320 g/mol. The molecule has 0 aliphatic rings. The van der Waals surface area contributed by atoms with Crippen molar-refractivity contribution in [3.8, 4) is 17.2 Å². The van der Waals surface area contributed by atoms with Crippen LogP contribution in [0.1, 0.15) is 12.5 Å². The lowest BCUT2D eigenvalue weighted by atomic mass is 10.1. The van der Waals surface area contributed by atoms with Crippen LogP contribution in [0, 0.1) is 0 Å². The zero-order valence-electron chi connectivity index (χ0n) is 12.5. The third kappa shape index (κ3) is 3.92. The second kappa shape index (κ2) is 6.57. The lowest BCUT2D eigenvalue weighted by molar-refractivity contribution is 0.414. The van der Waals surface area contributed by atoms with Gasteiger partial charge in [0.25, 0.3) is 10.0 Å². The maximum absolute atomic E-state index is 12.1. The minimum atomic E-state index is -3.85. The molecule has 0 spiro atoms. The molecule has 3 N–H and O–H groups in total. The first-order chi connectivity index (χ1) is 10.8. The molecule has 23 heavy (non-hydrogen) atoms. The van der Waals surface area contributed by atoms with Crippen LogP contribution in [0.3, 0.4) is 0 Å². The van der Waals surface area contributed by atoms with E-state index in [1.165, 1.54) is 56.5 Å². The molecule has 0 atom stereocenters. The number of hydrogen-bond donors (Lipinski definition) is 3. The molecule has 0 amide bonds. The highest BCUT2D eigenvalue weighted by Gasteiger charge is 2.14. The molecule has 0 aliphatic heterocycles. The summed E-state index contributed by atoms with van der Waals surface area (Å²) >= 11 is 0. The molecule has 0 saturated heterocycles. The summed E-state index contributed by atoms with van der Waals surface area (Å²) in [5.74, 6) is 0.353. The van der Waals surface area contributed by atoms with E-state index in [9.17, 15) is 18.6 Å². The van der Waals surface area contributed by atoms with Gasteiger partial charge in [-0.25, -0.2) is 0 Å². The second-order valence-corrected chi connectivity index (χ2v) is 6.33. The largest absolute Gasteiger partial charge is 0.508 e. The molecule has 0 unspecified atom stereocenters. The number of ether oxygens (including phenoxy) is 1. The van der Waals surface area contributed by atoms with Crippen LogP contribution in [-0.2, 0) is 10.0 Å². The normalized spacial score (nSPS) is 12.0. The lowest BCUT2D eigenvalue weighted by Gasteiger charge is -2.07. The first kappa shape index (κ1) is 16.6. The summed E-state index contributed by atoms with van der Waals surface area (Å²) in [7, 11) is -2.37. The average Bonchev–Trinajstić information content (AvgIpc) is 2.55. The summed E-state index contributed by atoms with van der Waals surface area (Å²) in [5, 5.41) is 22.9. The summed E-state index contributed by atoms with van der Waals surface area (Å²) in [6, 6.07) is 9.71. The van der Waals surface area contributed by atoms with E-state index in [1.807, 2.05) is 0 Å². The maximum atomic E-state index is 12.1. The van der Waals surface area contributed by atoms with Gasteiger partial charge < -0.3 is 14.9 Å². The van der Waals surface area contributed by atoms with Gasteiger partial charge in [0.2, 0.25) is 0 Å². The van der Waals surface area contributed by atoms with Crippen molar-refractivity contribution in [3.05, 3.63) is 48.0 Å². The van der Waals surface area contributed by atoms with Crippen molar-refractivity contribution in [2.75, 3.05) is 7.11 Å². The Morgan fingerprint density at radius 3 is 2.39 bits per heavy atom. The Morgan fingerprint density at radius 2 is 1.78 bits per heavy atom. The van der Waals surface area contributed by atoms with E-state index in [4.69, 9.17) is 4.74 Å². The van der Waals surface area contributed by atoms with Crippen molar-refractivity contribution in [1.29, 1.82) is 0 Å². The Bertz CT molecular complexity index is 829. The fourth-order valence-corrected chi connectivity index (χ4v) is 2.67. The number of methoxy groups -OCH3 is 1. The zero-order valence-corrected chi connectivity index (χ0v) is 13.3. The fraction of sp³-hybridized carbons (Fsp3) is 0.133. The van der Waals surface area contributed by atoms with Crippen LogP contribution in [0.15, 0.2) is 52.5 Å². The van der Waals surface area contributed by atoms with Crippen molar-refractivity contribution in [2.24, 2.45) is 5.10 Å². The molecule has 0 bridgehead atoms. The minimum absolute atomic E-state index is 0.0231. The molecule has 0 fully saturated rings. The second-order valence-electron chi connectivity index (χ2n) is 4.67. The number of hydrazone groups is 1. The van der Waals surface area contributed by atoms with Crippen molar-refractivity contribution < 1.29 is 23.4 Å². The standard InChI is InChI=1S/C15H16N2O5S/c1-10(14-9-11(18)3-8-15(14)19)16-17-23(20,21)13-6-4-12(22-2)5-7-13/h3-9,17-19H,1-2H3/b16-10-. The number of benzene rings is 2. The van der Waals surface area contributed by atoms with Crippen molar-refractivity contribution in [2.45, 2.75) is 11.8 Å². The van der Waals surface area contributed by atoms with E-state index in [1.54, 1.807) is 0 Å². The van der Waals surface area contributed by atoms with Crippen LogP contribution in [-0.4, -0.2) is 31.5 Å². The Hall–Kier alpha value is -2.74. The van der Waals surface area contributed by atoms with Gasteiger partial charge in [-0.05, 0) is 49.4 Å². The number of hydrogen-bond acceptors (Lipinski definition) is 6. The Balaban J connectivity index is 2.24. The first-order valence-electron chi connectivity index (χ1n) is 6.56. The fourth-order valence-electron chi connectivity index (χ4n) is 1.81. The summed E-state index contributed by atoms with van der Waals surface area (Å²) < 4.78 is 29.3. The van der Waals surface area contributed by atoms with Gasteiger partial charge in [-0.3, -0.25) is 0 Å². The topological polar surface area (TPSA) is 108 Å². The molecule has 7 nitrogen and oxygen atoms in total.